The van der Waals surface area contributed by atoms with Gasteiger partial charge in [-0.15, -0.1) is 0 Å². The summed E-state index contributed by atoms with van der Waals surface area (Å²) in [6.45, 7) is 4.38. The first kappa shape index (κ1) is 30.3. The molecule has 3 aliphatic rings. The summed E-state index contributed by atoms with van der Waals surface area (Å²) in [6, 6.07) is 6.40. The number of piperazine rings is 1. The Bertz CT molecular complexity index is 960. The monoisotopic (exact) mass is 545 g/mol. The zero-order chi connectivity index (χ0) is 28.2. The van der Waals surface area contributed by atoms with E-state index in [1.165, 1.54) is 31.5 Å². The van der Waals surface area contributed by atoms with Crippen LogP contribution in [0.5, 0.6) is 0 Å². The van der Waals surface area contributed by atoms with E-state index in [0.29, 0.717) is 18.8 Å². The Morgan fingerprint density at radius 1 is 1.03 bits per heavy atom. The molecular weight excluding hydrogens is 519 g/mol. The van der Waals surface area contributed by atoms with Gasteiger partial charge in [0.25, 0.3) is 0 Å². The third kappa shape index (κ3) is 8.84. The van der Waals surface area contributed by atoms with Crippen LogP contribution in [0.15, 0.2) is 24.3 Å². The largest absolute Gasteiger partial charge is 0.490 e. The predicted molar refractivity (Wildman–Crippen MR) is 115 cm³/mol. The highest BCUT2D eigenvalue weighted by molar-refractivity contribution is 5.96. The van der Waals surface area contributed by atoms with Crippen molar-refractivity contribution in [3.05, 3.63) is 30.1 Å². The van der Waals surface area contributed by atoms with Gasteiger partial charge in [-0.1, -0.05) is 6.07 Å². The molecule has 1 aromatic rings. The van der Waals surface area contributed by atoms with E-state index >= 15 is 0 Å². The molecule has 0 bridgehead atoms. The van der Waals surface area contributed by atoms with Crippen molar-refractivity contribution in [1.82, 2.24) is 9.80 Å². The molecule has 1 aromatic carbocycles. The van der Waals surface area contributed by atoms with E-state index in [-0.39, 0.29) is 17.3 Å². The number of hydrogen-bond donors (Lipinski definition) is 2. The second-order valence-electron chi connectivity index (χ2n) is 9.07. The fourth-order valence-corrected chi connectivity index (χ4v) is 4.04. The minimum absolute atomic E-state index is 0.00905. The fraction of sp³-hybridized carbons (Fsp3) is 0.591. The molecule has 208 valence electrons. The summed E-state index contributed by atoms with van der Waals surface area (Å²) < 4.78 is 77.0. The summed E-state index contributed by atoms with van der Waals surface area (Å²) in [6.07, 6.45) is -6.35. The number of likely N-dealkylation sites (tertiary alicyclic amines) is 1. The predicted octanol–water partition coefficient (Wildman–Crippen LogP) is 3.23. The molecule has 0 radical (unpaired) electrons. The Labute approximate surface area is 207 Å². The maximum absolute atomic E-state index is 13.6. The van der Waals surface area contributed by atoms with Gasteiger partial charge >= 0.3 is 24.3 Å². The number of anilines is 1. The van der Waals surface area contributed by atoms with E-state index in [1.807, 2.05) is 6.07 Å². The highest BCUT2D eigenvalue weighted by Crippen LogP contribution is 2.36. The SMILES string of the molecule is CN1CC(=O)N(c2cccc(F)c2)CC12CCN(CC1CC1)C2.O=C(O)C(F)(F)F.O=C(O)C(F)(F)F. The number of rotatable bonds is 3. The molecule has 2 saturated heterocycles. The standard InChI is InChI=1S/C18H24FN3O.2C2HF3O2/c1-20-11-17(23)22(16-4-2-3-15(19)9-16)13-18(20)7-8-21(12-18)10-14-5-6-14;2*3-2(4,5)1(6)7/h2-4,9,14H,5-8,10-13H2,1H3;2*(H,6,7). The minimum Gasteiger partial charge on any atom is -0.475 e. The van der Waals surface area contributed by atoms with E-state index in [9.17, 15) is 35.5 Å². The van der Waals surface area contributed by atoms with Crippen LogP contribution in [-0.4, -0.2) is 95.5 Å². The molecule has 0 aromatic heterocycles. The number of carbonyl (C=O) groups excluding carboxylic acids is 1. The van der Waals surface area contributed by atoms with E-state index < -0.39 is 24.3 Å². The lowest BCUT2D eigenvalue weighted by Gasteiger charge is -2.47. The number of aliphatic carboxylic acids is 2. The first-order valence-electron chi connectivity index (χ1n) is 11.0. The Morgan fingerprint density at radius 3 is 2.03 bits per heavy atom. The van der Waals surface area contributed by atoms with Gasteiger partial charge in [0.1, 0.15) is 5.82 Å². The Balaban J connectivity index is 0.000000286. The first-order valence-corrected chi connectivity index (χ1v) is 11.0. The number of nitrogens with zero attached hydrogens (tertiary/aromatic N) is 3. The smallest absolute Gasteiger partial charge is 0.475 e. The Kier molecular flexibility index (Phi) is 9.52. The molecule has 2 N–H and O–H groups in total. The van der Waals surface area contributed by atoms with Crippen molar-refractivity contribution in [2.45, 2.75) is 37.2 Å². The molecule has 1 aliphatic carbocycles. The molecule has 4 rings (SSSR count). The lowest BCUT2D eigenvalue weighted by molar-refractivity contribution is -0.193. The van der Waals surface area contributed by atoms with Crippen molar-refractivity contribution in [2.75, 3.05) is 44.7 Å². The van der Waals surface area contributed by atoms with Crippen LogP contribution in [0.1, 0.15) is 19.3 Å². The van der Waals surface area contributed by atoms with Crippen LogP contribution in [0, 0.1) is 11.7 Å². The Morgan fingerprint density at radius 2 is 1.57 bits per heavy atom. The fourth-order valence-electron chi connectivity index (χ4n) is 4.04. The normalized spacial score (nSPS) is 22.7. The molecule has 1 amide bonds. The number of carboxylic acid groups (broad SMARTS) is 2. The molecule has 2 aliphatic heterocycles. The van der Waals surface area contributed by atoms with Gasteiger partial charge in [-0.25, -0.2) is 14.0 Å². The van der Waals surface area contributed by atoms with Gasteiger partial charge in [-0.3, -0.25) is 9.69 Å². The summed E-state index contributed by atoms with van der Waals surface area (Å²) in [4.78, 5) is 36.8. The lowest BCUT2D eigenvalue weighted by Crippen LogP contribution is -2.64. The highest BCUT2D eigenvalue weighted by atomic mass is 19.4. The Hall–Kier alpha value is -2.94. The average Bonchev–Trinajstić information content (AvgIpc) is 3.48. The van der Waals surface area contributed by atoms with Gasteiger partial charge in [0.2, 0.25) is 5.91 Å². The molecule has 8 nitrogen and oxygen atoms in total. The third-order valence-electron chi connectivity index (χ3n) is 6.17. The number of amides is 1. The van der Waals surface area contributed by atoms with Crippen molar-refractivity contribution in [1.29, 1.82) is 0 Å². The van der Waals surface area contributed by atoms with E-state index in [4.69, 9.17) is 19.8 Å². The quantitative estimate of drug-likeness (QED) is 0.563. The number of hydrogen-bond acceptors (Lipinski definition) is 5. The molecule has 1 unspecified atom stereocenters. The van der Waals surface area contributed by atoms with Crippen LogP contribution in [-0.2, 0) is 14.4 Å². The molecule has 1 saturated carbocycles. The molecule has 1 atom stereocenters. The zero-order valence-corrected chi connectivity index (χ0v) is 19.7. The van der Waals surface area contributed by atoms with Crippen molar-refractivity contribution in [3.63, 3.8) is 0 Å². The van der Waals surface area contributed by atoms with Gasteiger partial charge in [0, 0.05) is 31.9 Å². The third-order valence-corrected chi connectivity index (χ3v) is 6.17. The summed E-state index contributed by atoms with van der Waals surface area (Å²) in [5, 5.41) is 14.2. The van der Waals surface area contributed by atoms with Crippen molar-refractivity contribution >= 4 is 23.5 Å². The second-order valence-corrected chi connectivity index (χ2v) is 9.07. The van der Waals surface area contributed by atoms with Gasteiger partial charge < -0.3 is 20.0 Å². The van der Waals surface area contributed by atoms with Crippen LogP contribution in [0.25, 0.3) is 0 Å². The van der Waals surface area contributed by atoms with Crippen LogP contribution >= 0.6 is 0 Å². The molecular formula is C22H26F7N3O5. The van der Waals surface area contributed by atoms with E-state index in [1.54, 1.807) is 11.0 Å². The van der Waals surface area contributed by atoms with Gasteiger partial charge in [0.15, 0.2) is 0 Å². The topological polar surface area (TPSA) is 101 Å². The summed E-state index contributed by atoms with van der Waals surface area (Å²) in [7, 11) is 2.06. The number of halogens is 7. The van der Waals surface area contributed by atoms with Crippen molar-refractivity contribution in [2.24, 2.45) is 5.92 Å². The van der Waals surface area contributed by atoms with Crippen LogP contribution in [0.2, 0.25) is 0 Å². The first-order chi connectivity index (χ1) is 16.9. The second kappa shape index (κ2) is 11.6. The highest BCUT2D eigenvalue weighted by Gasteiger charge is 2.48. The number of carbonyl (C=O) groups is 3. The van der Waals surface area contributed by atoms with Gasteiger partial charge in [-0.05, 0) is 50.4 Å². The number of likely N-dealkylation sites (N-methyl/N-ethyl adjacent to an activating group) is 1. The summed E-state index contributed by atoms with van der Waals surface area (Å²) >= 11 is 0. The lowest BCUT2D eigenvalue weighted by atomic mass is 9.92. The average molecular weight is 545 g/mol. The van der Waals surface area contributed by atoms with E-state index in [0.717, 1.165) is 25.4 Å². The van der Waals surface area contributed by atoms with Crippen molar-refractivity contribution < 1.29 is 55.3 Å². The molecule has 2 heterocycles. The summed E-state index contributed by atoms with van der Waals surface area (Å²) in [5.74, 6) is -4.85. The zero-order valence-electron chi connectivity index (χ0n) is 19.7. The number of benzene rings is 1. The van der Waals surface area contributed by atoms with Crippen LogP contribution in [0.3, 0.4) is 0 Å². The minimum atomic E-state index is -5.08. The molecule has 37 heavy (non-hydrogen) atoms. The van der Waals surface area contributed by atoms with E-state index in [2.05, 4.69) is 16.8 Å². The van der Waals surface area contributed by atoms with Crippen LogP contribution < -0.4 is 4.90 Å². The summed E-state index contributed by atoms with van der Waals surface area (Å²) in [5.41, 5.74) is 0.692. The van der Waals surface area contributed by atoms with Gasteiger partial charge in [-0.2, -0.15) is 26.3 Å². The number of carboxylic acids is 2. The van der Waals surface area contributed by atoms with Crippen LogP contribution in [0.4, 0.5) is 36.4 Å². The van der Waals surface area contributed by atoms with Crippen molar-refractivity contribution in [3.8, 4) is 0 Å². The number of alkyl halides is 6. The van der Waals surface area contributed by atoms with Gasteiger partial charge in [0.05, 0.1) is 12.1 Å². The maximum Gasteiger partial charge on any atom is 0.490 e. The molecule has 3 fully saturated rings. The molecule has 15 heteroatoms. The maximum atomic E-state index is 13.6. The molecule has 1 spiro atoms.